The van der Waals surface area contributed by atoms with Crippen LogP contribution in [0.1, 0.15) is 43.9 Å². The number of sulfonamides is 1. The Morgan fingerprint density at radius 3 is 2.23 bits per heavy atom. The quantitative estimate of drug-likeness (QED) is 0.561. The average molecular weight is 471 g/mol. The third-order valence-electron chi connectivity index (χ3n) is 5.00. The first-order chi connectivity index (χ1) is 14.1. The molecule has 0 aliphatic heterocycles. The van der Waals surface area contributed by atoms with Gasteiger partial charge in [-0.1, -0.05) is 62.2 Å². The molecule has 0 heterocycles. The highest BCUT2D eigenvalue weighted by Gasteiger charge is 2.31. The zero-order valence-electron chi connectivity index (χ0n) is 17.7. The summed E-state index contributed by atoms with van der Waals surface area (Å²) in [5, 5.41) is 3.46. The van der Waals surface area contributed by atoms with Crippen LogP contribution in [0.4, 0.5) is 5.69 Å². The predicted octanol–water partition coefficient (Wildman–Crippen LogP) is 4.98. The van der Waals surface area contributed by atoms with E-state index in [9.17, 15) is 13.2 Å². The highest BCUT2D eigenvalue weighted by Crippen LogP contribution is 2.30. The van der Waals surface area contributed by atoms with Crippen molar-refractivity contribution in [3.63, 3.8) is 0 Å². The van der Waals surface area contributed by atoms with E-state index >= 15 is 0 Å². The van der Waals surface area contributed by atoms with Crippen molar-refractivity contribution in [2.75, 3.05) is 10.6 Å². The molecular formula is C22H28Cl2N2O3S. The van der Waals surface area contributed by atoms with Crippen LogP contribution in [-0.4, -0.2) is 26.6 Å². The van der Waals surface area contributed by atoms with Crippen LogP contribution >= 0.6 is 23.2 Å². The van der Waals surface area contributed by atoms with Gasteiger partial charge in [0.1, 0.15) is 6.04 Å². The van der Waals surface area contributed by atoms with Crippen LogP contribution < -0.4 is 9.62 Å². The topological polar surface area (TPSA) is 66.5 Å². The van der Waals surface area contributed by atoms with Gasteiger partial charge in [-0.2, -0.15) is 0 Å². The van der Waals surface area contributed by atoms with Crippen LogP contribution in [0, 0.1) is 0 Å². The summed E-state index contributed by atoms with van der Waals surface area (Å²) in [4.78, 5) is 13.0. The molecule has 30 heavy (non-hydrogen) atoms. The van der Waals surface area contributed by atoms with Gasteiger partial charge in [0.15, 0.2) is 0 Å². The lowest BCUT2D eigenvalue weighted by Gasteiger charge is -2.30. The summed E-state index contributed by atoms with van der Waals surface area (Å²) in [7, 11) is -3.74. The molecule has 0 saturated heterocycles. The molecule has 0 unspecified atom stereocenters. The van der Waals surface area contributed by atoms with Crippen molar-refractivity contribution < 1.29 is 13.2 Å². The molecule has 164 valence electrons. The summed E-state index contributed by atoms with van der Waals surface area (Å²) < 4.78 is 26.2. The Bertz CT molecular complexity index is 1010. The summed E-state index contributed by atoms with van der Waals surface area (Å²) in [6, 6.07) is 9.88. The van der Waals surface area contributed by atoms with Crippen LogP contribution in [0.5, 0.6) is 0 Å². The summed E-state index contributed by atoms with van der Waals surface area (Å²) in [5.41, 5.74) is 3.69. The molecule has 1 atom stereocenters. The number of aryl methyl sites for hydroxylation is 2. The zero-order chi connectivity index (χ0) is 22.5. The highest BCUT2D eigenvalue weighted by molar-refractivity contribution is 7.92. The summed E-state index contributed by atoms with van der Waals surface area (Å²) in [6.45, 7) is 6.26. The molecule has 0 saturated carbocycles. The summed E-state index contributed by atoms with van der Waals surface area (Å²) in [6.07, 6.45) is 3.13. The van der Waals surface area contributed by atoms with E-state index in [4.69, 9.17) is 23.2 Å². The molecule has 2 aromatic rings. The maximum absolute atomic E-state index is 13.0. The van der Waals surface area contributed by atoms with Crippen molar-refractivity contribution in [3.05, 3.63) is 63.1 Å². The van der Waals surface area contributed by atoms with Crippen molar-refractivity contribution in [2.24, 2.45) is 0 Å². The monoisotopic (exact) mass is 470 g/mol. The molecular weight excluding hydrogens is 443 g/mol. The van der Waals surface area contributed by atoms with Gasteiger partial charge in [0, 0.05) is 6.54 Å². The van der Waals surface area contributed by atoms with Crippen molar-refractivity contribution in [2.45, 2.75) is 52.6 Å². The minimum atomic E-state index is -3.74. The fourth-order valence-electron chi connectivity index (χ4n) is 3.39. The van der Waals surface area contributed by atoms with Gasteiger partial charge in [-0.3, -0.25) is 9.10 Å². The van der Waals surface area contributed by atoms with E-state index in [0.29, 0.717) is 23.7 Å². The first-order valence-corrected chi connectivity index (χ1v) is 12.6. The van der Waals surface area contributed by atoms with Gasteiger partial charge in [0.2, 0.25) is 15.9 Å². The normalized spacial score (nSPS) is 12.5. The third-order valence-corrected chi connectivity index (χ3v) is 6.92. The maximum atomic E-state index is 13.0. The van der Waals surface area contributed by atoms with E-state index in [-0.39, 0.29) is 10.9 Å². The second-order valence-electron chi connectivity index (χ2n) is 7.11. The number of hydrogen-bond donors (Lipinski definition) is 1. The molecule has 0 aromatic heterocycles. The fourth-order valence-corrected chi connectivity index (χ4v) is 4.89. The minimum absolute atomic E-state index is 0.224. The fraction of sp³-hybridized carbons (Fsp3) is 0.409. The Labute approximate surface area is 189 Å². The molecule has 0 spiro atoms. The Balaban J connectivity index is 2.31. The van der Waals surface area contributed by atoms with E-state index in [0.717, 1.165) is 34.5 Å². The first kappa shape index (κ1) is 24.5. The van der Waals surface area contributed by atoms with Gasteiger partial charge in [-0.15, -0.1) is 0 Å². The second kappa shape index (κ2) is 10.5. The van der Waals surface area contributed by atoms with Crippen LogP contribution in [-0.2, 0) is 34.2 Å². The predicted molar refractivity (Wildman–Crippen MR) is 125 cm³/mol. The maximum Gasteiger partial charge on any atom is 0.244 e. The number of hydrogen-bond acceptors (Lipinski definition) is 3. The van der Waals surface area contributed by atoms with Crippen molar-refractivity contribution in [3.8, 4) is 0 Å². The minimum Gasteiger partial charge on any atom is -0.350 e. The largest absolute Gasteiger partial charge is 0.350 e. The third kappa shape index (κ3) is 5.90. The van der Waals surface area contributed by atoms with Gasteiger partial charge in [-0.05, 0) is 54.2 Å². The smallest absolute Gasteiger partial charge is 0.244 e. The molecule has 1 amide bonds. The van der Waals surface area contributed by atoms with E-state index < -0.39 is 16.1 Å². The lowest BCUT2D eigenvalue weighted by atomic mass is 10.0. The molecule has 0 radical (unpaired) electrons. The molecule has 0 aliphatic rings. The number of amides is 1. The number of benzene rings is 2. The Kier molecular flexibility index (Phi) is 8.59. The molecule has 2 aromatic carbocycles. The molecule has 8 heteroatoms. The van der Waals surface area contributed by atoms with Crippen LogP contribution in [0.2, 0.25) is 10.0 Å². The van der Waals surface area contributed by atoms with Crippen molar-refractivity contribution in [1.82, 2.24) is 5.32 Å². The standard InChI is InChI=1S/C22H28Cl2N2O3S/c1-5-15-8-9-16(6-2)17(12-15)14-25-22(27)21(7-3)26(30(4,28)29)18-10-11-19(23)20(24)13-18/h8-13,21H,5-7,14H2,1-4H3,(H,25,27)/t21-/m0/s1. The Hall–Kier alpha value is -1.76. The van der Waals surface area contributed by atoms with Crippen LogP contribution in [0.25, 0.3) is 0 Å². The number of anilines is 1. The van der Waals surface area contributed by atoms with Crippen LogP contribution in [0.15, 0.2) is 36.4 Å². The van der Waals surface area contributed by atoms with Gasteiger partial charge in [-0.25, -0.2) is 8.42 Å². The molecule has 5 nitrogen and oxygen atoms in total. The Morgan fingerprint density at radius 2 is 1.70 bits per heavy atom. The number of nitrogens with zero attached hydrogens (tertiary/aromatic N) is 1. The number of halogens is 2. The molecule has 0 fully saturated rings. The molecule has 2 rings (SSSR count). The van der Waals surface area contributed by atoms with E-state index in [1.165, 1.54) is 17.7 Å². The number of carbonyl (C=O) groups is 1. The Morgan fingerprint density at radius 1 is 1.00 bits per heavy atom. The van der Waals surface area contributed by atoms with Gasteiger partial charge in [0.25, 0.3) is 0 Å². The second-order valence-corrected chi connectivity index (χ2v) is 9.78. The summed E-state index contributed by atoms with van der Waals surface area (Å²) >= 11 is 12.1. The van der Waals surface area contributed by atoms with Gasteiger partial charge in [0.05, 0.1) is 22.0 Å². The summed E-state index contributed by atoms with van der Waals surface area (Å²) in [5.74, 6) is -0.363. The lowest BCUT2D eigenvalue weighted by molar-refractivity contribution is -0.122. The van der Waals surface area contributed by atoms with E-state index in [2.05, 4.69) is 37.4 Å². The first-order valence-electron chi connectivity index (χ1n) is 9.95. The average Bonchev–Trinajstić information content (AvgIpc) is 2.71. The molecule has 0 aliphatic carbocycles. The molecule has 1 N–H and O–H groups in total. The van der Waals surface area contributed by atoms with E-state index in [1.807, 2.05) is 0 Å². The van der Waals surface area contributed by atoms with Gasteiger partial charge < -0.3 is 5.32 Å². The van der Waals surface area contributed by atoms with Crippen molar-refractivity contribution >= 4 is 44.8 Å². The lowest BCUT2D eigenvalue weighted by Crippen LogP contribution is -2.49. The van der Waals surface area contributed by atoms with Crippen molar-refractivity contribution in [1.29, 1.82) is 0 Å². The van der Waals surface area contributed by atoms with Gasteiger partial charge >= 0.3 is 0 Å². The highest BCUT2D eigenvalue weighted by atomic mass is 35.5. The zero-order valence-corrected chi connectivity index (χ0v) is 20.0. The number of nitrogens with one attached hydrogen (secondary N) is 1. The van der Waals surface area contributed by atoms with Crippen LogP contribution in [0.3, 0.4) is 0 Å². The SMILES string of the molecule is CCc1ccc(CC)c(CNC(=O)[C@H](CC)N(c2ccc(Cl)c(Cl)c2)S(C)(=O)=O)c1. The molecule has 0 bridgehead atoms. The van der Waals surface area contributed by atoms with E-state index in [1.54, 1.807) is 13.0 Å². The number of rotatable bonds is 9. The number of carbonyl (C=O) groups excluding carboxylic acids is 1.